The molecule has 6 aliphatic rings. The second-order valence-corrected chi connectivity index (χ2v) is 15.5. The molecule has 45 heavy (non-hydrogen) atoms. The van der Waals surface area contributed by atoms with E-state index in [-0.39, 0.29) is 31.3 Å². The van der Waals surface area contributed by atoms with Gasteiger partial charge in [-0.1, -0.05) is 17.7 Å². The number of aliphatic hydroxyl groups is 1. The van der Waals surface area contributed by atoms with Crippen molar-refractivity contribution in [1.29, 1.82) is 0 Å². The number of aliphatic hydroxyl groups excluding tert-OH is 1. The lowest BCUT2D eigenvalue weighted by Crippen LogP contribution is -2.49. The van der Waals surface area contributed by atoms with Gasteiger partial charge in [0.1, 0.15) is 17.0 Å². The number of hydrogen-bond acceptors (Lipinski definition) is 7. The van der Waals surface area contributed by atoms with Crippen molar-refractivity contribution in [2.45, 2.75) is 61.8 Å². The smallest absolute Gasteiger partial charge is 0.244 e. The van der Waals surface area contributed by atoms with E-state index in [1.165, 1.54) is 33.6 Å². The number of ether oxygens (including phenoxy) is 2. The molecule has 0 saturated heterocycles. The van der Waals surface area contributed by atoms with Crippen LogP contribution in [0, 0.1) is 0 Å². The maximum Gasteiger partial charge on any atom is 0.244 e. The molecule has 8 nitrogen and oxygen atoms in total. The van der Waals surface area contributed by atoms with Crippen LogP contribution in [-0.4, -0.2) is 70.4 Å². The van der Waals surface area contributed by atoms with Crippen LogP contribution < -0.4 is 14.5 Å². The molecule has 0 unspecified atom stereocenters. The normalized spacial score (nSPS) is 21.5. The van der Waals surface area contributed by atoms with E-state index < -0.39 is 15.6 Å². The van der Waals surface area contributed by atoms with E-state index in [0.29, 0.717) is 5.02 Å². The van der Waals surface area contributed by atoms with Crippen LogP contribution in [0.2, 0.25) is 5.02 Å². The first kappa shape index (κ1) is 28.4. The van der Waals surface area contributed by atoms with Crippen LogP contribution in [0.1, 0.15) is 64.6 Å². The monoisotopic (exact) mass is 647 g/mol. The second-order valence-electron chi connectivity index (χ2n) is 13.2. The standard InChI is InChI=1S/C35H38ClN3O5S/c36-24-9-10-27-30(21-24)45(41,42)39(15-17-43-18-16-40)35(27)28-19-22-5-1-11-37-13-3-7-25(31(22)37)33(28)44-34-26-8-4-14-38-12-2-6-23(32(26)38)20-29(34)35/h9-10,19-21,40H,1-8,11-18H2. The van der Waals surface area contributed by atoms with Crippen LogP contribution in [-0.2, 0) is 46.0 Å². The van der Waals surface area contributed by atoms with E-state index >= 15 is 0 Å². The predicted octanol–water partition coefficient (Wildman–Crippen LogP) is 5.15. The second kappa shape index (κ2) is 10.3. The predicted molar refractivity (Wildman–Crippen MR) is 174 cm³/mol. The van der Waals surface area contributed by atoms with Gasteiger partial charge in [-0.3, -0.25) is 0 Å². The Balaban J connectivity index is 1.41. The first-order valence-corrected chi connectivity index (χ1v) is 18.3. The van der Waals surface area contributed by atoms with Crippen LogP contribution in [0.15, 0.2) is 35.2 Å². The summed E-state index contributed by atoms with van der Waals surface area (Å²) in [6.07, 6.45) is 7.96. The highest BCUT2D eigenvalue weighted by molar-refractivity contribution is 7.89. The molecule has 0 aromatic heterocycles. The zero-order chi connectivity index (χ0) is 30.5. The number of aryl methyl sites for hydroxylation is 2. The minimum absolute atomic E-state index is 0.120. The van der Waals surface area contributed by atoms with Crippen LogP contribution in [0.4, 0.5) is 11.4 Å². The Hall–Kier alpha value is -2.82. The number of sulfonamides is 1. The Morgan fingerprint density at radius 3 is 1.96 bits per heavy atom. The van der Waals surface area contributed by atoms with E-state index in [2.05, 4.69) is 21.9 Å². The summed E-state index contributed by atoms with van der Waals surface area (Å²) >= 11 is 6.53. The van der Waals surface area contributed by atoms with Crippen LogP contribution in [0.25, 0.3) is 0 Å². The average molecular weight is 648 g/mol. The Morgan fingerprint density at radius 1 is 0.800 bits per heavy atom. The van der Waals surface area contributed by atoms with Gasteiger partial charge in [0.15, 0.2) is 0 Å². The molecule has 1 N–H and O–H groups in total. The van der Waals surface area contributed by atoms with Gasteiger partial charge in [0.25, 0.3) is 0 Å². The molecule has 3 aromatic carbocycles. The topological polar surface area (TPSA) is 82.6 Å². The molecule has 0 bridgehead atoms. The highest BCUT2D eigenvalue weighted by Crippen LogP contribution is 2.64. The quantitative estimate of drug-likeness (QED) is 0.384. The van der Waals surface area contributed by atoms with Crippen molar-refractivity contribution < 1.29 is 23.0 Å². The highest BCUT2D eigenvalue weighted by Gasteiger charge is 2.61. The van der Waals surface area contributed by atoms with Crippen LogP contribution >= 0.6 is 11.6 Å². The molecule has 0 saturated carbocycles. The number of benzene rings is 3. The number of halogens is 1. The maximum absolute atomic E-state index is 14.8. The first-order valence-electron chi connectivity index (χ1n) is 16.5. The summed E-state index contributed by atoms with van der Waals surface area (Å²) in [5.41, 5.74) is 9.00. The van der Waals surface area contributed by atoms with Crippen molar-refractivity contribution in [2.75, 3.05) is 62.3 Å². The summed E-state index contributed by atoms with van der Waals surface area (Å²) in [5.74, 6) is 1.66. The zero-order valence-electron chi connectivity index (χ0n) is 25.4. The molecular weight excluding hydrogens is 610 g/mol. The third kappa shape index (κ3) is 3.85. The van der Waals surface area contributed by atoms with Crippen molar-refractivity contribution in [3.8, 4) is 11.5 Å². The van der Waals surface area contributed by atoms with E-state index in [0.717, 1.165) is 106 Å². The van der Waals surface area contributed by atoms with E-state index in [1.54, 1.807) is 10.4 Å². The lowest BCUT2D eigenvalue weighted by Gasteiger charge is -2.48. The Morgan fingerprint density at radius 2 is 1.38 bits per heavy atom. The molecule has 6 heterocycles. The Labute approximate surface area is 269 Å². The molecule has 236 valence electrons. The number of anilines is 2. The SMILES string of the molecule is O=S1(=O)c2cc(Cl)ccc2C2(c3cc4c5c(c3Oc3c2cc2c6c3CCCN6CCC2)CCCN5CCC4)N1CCOCCO. The van der Waals surface area contributed by atoms with Gasteiger partial charge in [-0.2, -0.15) is 4.31 Å². The summed E-state index contributed by atoms with van der Waals surface area (Å²) in [6, 6.07) is 9.91. The molecule has 0 amide bonds. The molecule has 0 aliphatic carbocycles. The molecule has 0 atom stereocenters. The Bertz CT molecular complexity index is 1780. The summed E-state index contributed by atoms with van der Waals surface area (Å²) in [4.78, 5) is 5.28. The summed E-state index contributed by atoms with van der Waals surface area (Å²) < 4.78 is 44.3. The van der Waals surface area contributed by atoms with E-state index in [4.69, 9.17) is 21.1 Å². The number of hydrogen-bond donors (Lipinski definition) is 1. The molecule has 0 fully saturated rings. The minimum Gasteiger partial charge on any atom is -0.456 e. The fourth-order valence-electron chi connectivity index (χ4n) is 9.28. The van der Waals surface area contributed by atoms with Crippen molar-refractivity contribution >= 4 is 33.0 Å². The van der Waals surface area contributed by atoms with E-state index in [1.807, 2.05) is 12.1 Å². The van der Waals surface area contributed by atoms with Crippen molar-refractivity contribution in [3.05, 3.63) is 74.3 Å². The number of nitrogens with zero attached hydrogens (tertiary/aromatic N) is 3. The minimum atomic E-state index is -3.99. The molecule has 0 radical (unpaired) electrons. The summed E-state index contributed by atoms with van der Waals surface area (Å²) in [7, 11) is -3.99. The third-order valence-electron chi connectivity index (χ3n) is 10.9. The maximum atomic E-state index is 14.8. The van der Waals surface area contributed by atoms with Gasteiger partial charge >= 0.3 is 0 Å². The van der Waals surface area contributed by atoms with Crippen molar-refractivity contribution in [2.24, 2.45) is 0 Å². The lowest BCUT2D eigenvalue weighted by molar-refractivity contribution is 0.0777. The van der Waals surface area contributed by atoms with Gasteiger partial charge in [0.2, 0.25) is 10.0 Å². The molecule has 9 rings (SSSR count). The zero-order valence-corrected chi connectivity index (χ0v) is 27.0. The molecule has 6 aliphatic heterocycles. The number of rotatable bonds is 5. The first-order chi connectivity index (χ1) is 21.9. The average Bonchev–Trinajstić information content (AvgIpc) is 3.23. The van der Waals surface area contributed by atoms with Crippen molar-refractivity contribution in [3.63, 3.8) is 0 Å². The molecule has 3 aromatic rings. The van der Waals surface area contributed by atoms with Crippen LogP contribution in [0.5, 0.6) is 11.5 Å². The van der Waals surface area contributed by atoms with Crippen molar-refractivity contribution in [1.82, 2.24) is 4.31 Å². The van der Waals surface area contributed by atoms with Gasteiger partial charge < -0.3 is 24.4 Å². The third-order valence-corrected chi connectivity index (χ3v) is 13.0. The number of fused-ring (bicyclic) bond motifs is 8. The van der Waals surface area contributed by atoms with Gasteiger partial charge in [-0.25, -0.2) is 8.42 Å². The largest absolute Gasteiger partial charge is 0.456 e. The van der Waals surface area contributed by atoms with E-state index in [9.17, 15) is 13.5 Å². The fraction of sp³-hybridized carbons (Fsp3) is 0.486. The van der Waals surface area contributed by atoms with Gasteiger partial charge in [-0.15, -0.1) is 0 Å². The summed E-state index contributed by atoms with van der Waals surface area (Å²) in [5, 5.41) is 9.83. The Kier molecular flexibility index (Phi) is 6.53. The van der Waals surface area contributed by atoms with Gasteiger partial charge in [-0.05, 0) is 86.8 Å². The molecule has 10 heteroatoms. The van der Waals surface area contributed by atoms with Crippen LogP contribution in [0.3, 0.4) is 0 Å². The lowest BCUT2D eigenvalue weighted by atomic mass is 9.70. The molecule has 1 spiro atoms. The van der Waals surface area contributed by atoms with Gasteiger partial charge in [0, 0.05) is 76.9 Å². The fourth-order valence-corrected chi connectivity index (χ4v) is 11.5. The highest BCUT2D eigenvalue weighted by atomic mass is 35.5. The molecular formula is C35H38ClN3O5S. The summed E-state index contributed by atoms with van der Waals surface area (Å²) in [6.45, 7) is 4.48. The van der Waals surface area contributed by atoms with Gasteiger partial charge in [0.05, 0.1) is 24.7 Å².